The van der Waals surface area contributed by atoms with E-state index in [0.717, 1.165) is 13.0 Å². The van der Waals surface area contributed by atoms with E-state index in [4.69, 9.17) is 0 Å². The van der Waals surface area contributed by atoms with Crippen LogP contribution in [0.5, 0.6) is 0 Å². The lowest BCUT2D eigenvalue weighted by Crippen LogP contribution is -2.13. The molecule has 2 rings (SSSR count). The van der Waals surface area contributed by atoms with Crippen LogP contribution in [-0.2, 0) is 19.4 Å². The number of nitrogens with zero attached hydrogens (tertiary/aromatic N) is 2. The van der Waals surface area contributed by atoms with E-state index >= 15 is 0 Å². The SMILES string of the molecule is CCc1cc2n(n1)CC(C)(C)C2. The summed E-state index contributed by atoms with van der Waals surface area (Å²) in [6.45, 7) is 7.84. The summed E-state index contributed by atoms with van der Waals surface area (Å²) in [7, 11) is 0. The van der Waals surface area contributed by atoms with Gasteiger partial charge in [0.05, 0.1) is 5.69 Å². The normalized spacial score (nSPS) is 19.6. The van der Waals surface area contributed by atoms with Gasteiger partial charge in [-0.3, -0.25) is 4.68 Å². The van der Waals surface area contributed by atoms with Gasteiger partial charge >= 0.3 is 0 Å². The zero-order valence-corrected chi connectivity index (χ0v) is 8.09. The number of rotatable bonds is 1. The molecular formula is C10H16N2. The molecule has 2 heteroatoms. The average molecular weight is 164 g/mol. The highest BCUT2D eigenvalue weighted by molar-refractivity contribution is 5.15. The van der Waals surface area contributed by atoms with Crippen LogP contribution in [0.2, 0.25) is 0 Å². The first-order valence-corrected chi connectivity index (χ1v) is 4.66. The minimum absolute atomic E-state index is 0.425. The molecule has 2 nitrogen and oxygen atoms in total. The fourth-order valence-corrected chi connectivity index (χ4v) is 1.92. The van der Waals surface area contributed by atoms with Crippen LogP contribution in [0.3, 0.4) is 0 Å². The molecule has 0 atom stereocenters. The van der Waals surface area contributed by atoms with Gasteiger partial charge in [0.25, 0.3) is 0 Å². The highest BCUT2D eigenvalue weighted by Gasteiger charge is 2.29. The first-order valence-electron chi connectivity index (χ1n) is 4.66. The van der Waals surface area contributed by atoms with Gasteiger partial charge in [-0.05, 0) is 24.3 Å². The number of aromatic nitrogens is 2. The Labute approximate surface area is 73.6 Å². The van der Waals surface area contributed by atoms with Crippen LogP contribution < -0.4 is 0 Å². The van der Waals surface area contributed by atoms with Gasteiger partial charge in [0.2, 0.25) is 0 Å². The second-order valence-corrected chi connectivity index (χ2v) is 4.48. The molecule has 0 amide bonds. The summed E-state index contributed by atoms with van der Waals surface area (Å²) in [4.78, 5) is 0. The predicted octanol–water partition coefficient (Wildman–Crippen LogP) is 2.03. The molecule has 0 bridgehead atoms. The van der Waals surface area contributed by atoms with Gasteiger partial charge in [0, 0.05) is 12.2 Å². The van der Waals surface area contributed by atoms with Crippen molar-refractivity contribution in [1.29, 1.82) is 0 Å². The molecule has 66 valence electrons. The monoisotopic (exact) mass is 164 g/mol. The molecule has 2 heterocycles. The Bertz CT molecular complexity index is 271. The van der Waals surface area contributed by atoms with E-state index in [2.05, 4.69) is 36.6 Å². The third-order valence-electron chi connectivity index (χ3n) is 2.51. The highest BCUT2D eigenvalue weighted by Crippen LogP contribution is 2.31. The number of aryl methyl sites for hydroxylation is 1. The third-order valence-corrected chi connectivity index (χ3v) is 2.51. The molecule has 1 aromatic heterocycles. The van der Waals surface area contributed by atoms with Crippen molar-refractivity contribution in [1.82, 2.24) is 9.78 Å². The molecule has 0 saturated carbocycles. The van der Waals surface area contributed by atoms with Gasteiger partial charge in [-0.2, -0.15) is 5.10 Å². The van der Waals surface area contributed by atoms with Crippen molar-refractivity contribution in [3.8, 4) is 0 Å². The third kappa shape index (κ3) is 1.15. The number of hydrogen-bond acceptors (Lipinski definition) is 1. The van der Waals surface area contributed by atoms with Crippen molar-refractivity contribution in [2.24, 2.45) is 5.41 Å². The molecule has 1 aromatic rings. The Hall–Kier alpha value is -0.790. The zero-order valence-electron chi connectivity index (χ0n) is 8.09. The summed E-state index contributed by atoms with van der Waals surface area (Å²) in [5.74, 6) is 0. The summed E-state index contributed by atoms with van der Waals surface area (Å²) in [5, 5.41) is 4.52. The second-order valence-electron chi connectivity index (χ2n) is 4.48. The van der Waals surface area contributed by atoms with Crippen molar-refractivity contribution < 1.29 is 0 Å². The van der Waals surface area contributed by atoms with E-state index < -0.39 is 0 Å². The van der Waals surface area contributed by atoms with Gasteiger partial charge in [0.15, 0.2) is 0 Å². The molecular weight excluding hydrogens is 148 g/mol. The Kier molecular flexibility index (Phi) is 1.53. The Balaban J connectivity index is 2.30. The lowest BCUT2D eigenvalue weighted by molar-refractivity contribution is 0.346. The van der Waals surface area contributed by atoms with Crippen LogP contribution in [0.1, 0.15) is 32.2 Å². The predicted molar refractivity (Wildman–Crippen MR) is 49.1 cm³/mol. The van der Waals surface area contributed by atoms with Crippen LogP contribution in [0.15, 0.2) is 6.07 Å². The van der Waals surface area contributed by atoms with Crippen molar-refractivity contribution in [3.05, 3.63) is 17.5 Å². The van der Waals surface area contributed by atoms with Gasteiger partial charge in [-0.1, -0.05) is 20.8 Å². The molecule has 0 radical (unpaired) electrons. The van der Waals surface area contributed by atoms with Crippen LogP contribution in [0.4, 0.5) is 0 Å². The van der Waals surface area contributed by atoms with Gasteiger partial charge in [0.1, 0.15) is 0 Å². The van der Waals surface area contributed by atoms with E-state index in [-0.39, 0.29) is 0 Å². The minimum Gasteiger partial charge on any atom is -0.269 e. The van der Waals surface area contributed by atoms with E-state index in [0.29, 0.717) is 5.41 Å². The molecule has 12 heavy (non-hydrogen) atoms. The quantitative estimate of drug-likeness (QED) is 0.621. The first-order chi connectivity index (χ1) is 5.61. The molecule has 1 aliphatic rings. The standard InChI is InChI=1S/C10H16N2/c1-4-8-5-9-6-10(2,3)7-12(9)11-8/h5H,4,6-7H2,1-3H3. The fourth-order valence-electron chi connectivity index (χ4n) is 1.92. The van der Waals surface area contributed by atoms with Crippen molar-refractivity contribution >= 4 is 0 Å². The molecule has 0 fully saturated rings. The molecule has 1 aliphatic heterocycles. The Morgan fingerprint density at radius 1 is 1.58 bits per heavy atom. The maximum atomic E-state index is 4.52. The number of hydrogen-bond donors (Lipinski definition) is 0. The van der Waals surface area contributed by atoms with Gasteiger partial charge in [-0.15, -0.1) is 0 Å². The molecule has 0 saturated heterocycles. The molecule has 0 aromatic carbocycles. The lowest BCUT2D eigenvalue weighted by atomic mass is 9.91. The smallest absolute Gasteiger partial charge is 0.0624 e. The summed E-state index contributed by atoms with van der Waals surface area (Å²) in [6, 6.07) is 2.24. The Morgan fingerprint density at radius 3 is 2.92 bits per heavy atom. The highest BCUT2D eigenvalue weighted by atomic mass is 15.3. The average Bonchev–Trinajstić information content (AvgIpc) is 2.40. The summed E-state index contributed by atoms with van der Waals surface area (Å²) < 4.78 is 2.17. The first kappa shape index (κ1) is 7.84. The summed E-state index contributed by atoms with van der Waals surface area (Å²) in [6.07, 6.45) is 2.24. The maximum absolute atomic E-state index is 4.52. The molecule has 0 N–H and O–H groups in total. The van der Waals surface area contributed by atoms with E-state index in [9.17, 15) is 0 Å². The van der Waals surface area contributed by atoms with Crippen LogP contribution in [0.25, 0.3) is 0 Å². The molecule has 0 unspecified atom stereocenters. The van der Waals surface area contributed by atoms with Gasteiger partial charge in [-0.25, -0.2) is 0 Å². The lowest BCUT2D eigenvalue weighted by Gasteiger charge is -2.14. The second kappa shape index (κ2) is 2.35. The van der Waals surface area contributed by atoms with E-state index in [1.54, 1.807) is 0 Å². The zero-order chi connectivity index (χ0) is 8.77. The maximum Gasteiger partial charge on any atom is 0.0624 e. The van der Waals surface area contributed by atoms with Crippen LogP contribution in [0, 0.1) is 5.41 Å². The van der Waals surface area contributed by atoms with Crippen LogP contribution in [-0.4, -0.2) is 9.78 Å². The van der Waals surface area contributed by atoms with E-state index in [1.807, 2.05) is 0 Å². The summed E-state index contributed by atoms with van der Waals surface area (Å²) >= 11 is 0. The van der Waals surface area contributed by atoms with Gasteiger partial charge < -0.3 is 0 Å². The summed E-state index contributed by atoms with van der Waals surface area (Å²) in [5.41, 5.74) is 3.08. The van der Waals surface area contributed by atoms with Crippen molar-refractivity contribution in [2.75, 3.05) is 0 Å². The molecule has 0 spiro atoms. The molecule has 0 aliphatic carbocycles. The van der Waals surface area contributed by atoms with Crippen molar-refractivity contribution in [2.45, 2.75) is 40.2 Å². The minimum atomic E-state index is 0.425. The number of fused-ring (bicyclic) bond motifs is 1. The largest absolute Gasteiger partial charge is 0.269 e. The fraction of sp³-hybridized carbons (Fsp3) is 0.700. The van der Waals surface area contributed by atoms with Crippen molar-refractivity contribution in [3.63, 3.8) is 0 Å². The van der Waals surface area contributed by atoms with E-state index in [1.165, 1.54) is 17.8 Å². The topological polar surface area (TPSA) is 17.8 Å². The van der Waals surface area contributed by atoms with Crippen LogP contribution >= 0.6 is 0 Å². The Morgan fingerprint density at radius 2 is 2.33 bits per heavy atom.